The van der Waals surface area contributed by atoms with Crippen LogP contribution in [0.4, 0.5) is 15.3 Å². The third-order valence-corrected chi connectivity index (χ3v) is 5.96. The molecule has 3 rings (SSSR count). The zero-order valence-electron chi connectivity index (χ0n) is 23.4. The molecule has 0 saturated heterocycles. The zero-order chi connectivity index (χ0) is 31.4. The average Bonchev–Trinajstić information content (AvgIpc) is 2.96. The zero-order valence-corrected chi connectivity index (χ0v) is 23.4. The number of hydrogen-bond acceptors (Lipinski definition) is 9. The number of alkyl carbamates (subject to hydrolysis) is 1. The third-order valence-electron chi connectivity index (χ3n) is 5.96. The molecule has 0 saturated carbocycles. The Balaban J connectivity index is 1.55. The highest BCUT2D eigenvalue weighted by Crippen LogP contribution is 2.19. The molecule has 0 unspecified atom stereocenters. The van der Waals surface area contributed by atoms with E-state index in [9.17, 15) is 34.4 Å². The molecule has 0 radical (unpaired) electrons. The van der Waals surface area contributed by atoms with Gasteiger partial charge in [0.15, 0.2) is 0 Å². The summed E-state index contributed by atoms with van der Waals surface area (Å²) < 4.78 is 15.3. The highest BCUT2D eigenvalue weighted by atomic mass is 16.7. The Morgan fingerprint density at radius 1 is 0.814 bits per heavy atom. The number of rotatable bonds is 13. The number of carboxylic acid groups (broad SMARTS) is 1. The van der Waals surface area contributed by atoms with Gasteiger partial charge in [-0.15, -0.1) is 0 Å². The van der Waals surface area contributed by atoms with Crippen molar-refractivity contribution in [1.29, 1.82) is 0 Å². The van der Waals surface area contributed by atoms with Gasteiger partial charge in [0.1, 0.15) is 30.2 Å². The second kappa shape index (κ2) is 15.5. The number of benzene rings is 3. The third kappa shape index (κ3) is 10.8. The van der Waals surface area contributed by atoms with Gasteiger partial charge in [0.05, 0.1) is 4.92 Å². The van der Waals surface area contributed by atoms with E-state index in [4.69, 9.17) is 14.2 Å². The minimum Gasteiger partial charge on any atom is -0.480 e. The van der Waals surface area contributed by atoms with Gasteiger partial charge >= 0.3 is 18.2 Å². The number of nitrogens with zero attached hydrogens (tertiary/aromatic N) is 1. The van der Waals surface area contributed by atoms with Crippen molar-refractivity contribution >= 4 is 29.8 Å². The fourth-order valence-electron chi connectivity index (χ4n) is 3.86. The molecule has 0 bridgehead atoms. The highest BCUT2D eigenvalue weighted by Gasteiger charge is 2.28. The SMILES string of the molecule is CC(C)C[C@H](NC(=O)OCc1ccccc1)C(=O)N[C@@H](Cc1ccc(OC(=O)Oc2ccc([N+](=O)[O-])cc2)cc1)C(=O)O. The summed E-state index contributed by atoms with van der Waals surface area (Å²) in [5, 5.41) is 25.5. The summed E-state index contributed by atoms with van der Waals surface area (Å²) in [5.74, 6) is -1.81. The molecule has 2 atom stereocenters. The number of carbonyl (C=O) groups excluding carboxylic acids is 3. The Morgan fingerprint density at radius 2 is 1.40 bits per heavy atom. The van der Waals surface area contributed by atoms with Gasteiger partial charge in [-0.25, -0.2) is 14.4 Å². The molecule has 0 heterocycles. The summed E-state index contributed by atoms with van der Waals surface area (Å²) in [6, 6.07) is 17.4. The first-order chi connectivity index (χ1) is 20.5. The number of carbonyl (C=O) groups is 4. The van der Waals surface area contributed by atoms with Crippen LogP contribution in [0.15, 0.2) is 78.9 Å². The number of non-ortho nitro benzene ring substituents is 1. The van der Waals surface area contributed by atoms with Crippen LogP contribution in [0.1, 0.15) is 31.4 Å². The van der Waals surface area contributed by atoms with Gasteiger partial charge in [-0.1, -0.05) is 56.3 Å². The molecule has 0 aliphatic heterocycles. The summed E-state index contributed by atoms with van der Waals surface area (Å²) in [6.07, 6.45) is -1.73. The lowest BCUT2D eigenvalue weighted by molar-refractivity contribution is -0.384. The standard InChI is InChI=1S/C30H31N3O10/c1-19(2)16-25(32-29(37)41-18-21-6-4-3-5-7-21)27(34)31-26(28(35)36)17-20-8-12-23(13-9-20)42-30(38)43-24-14-10-22(11-15-24)33(39)40/h3-15,19,25-26H,16-18H2,1-2H3,(H,31,34)(H,32,37)(H,35,36)/t25-,26-/m0/s1. The number of amides is 2. The van der Waals surface area contributed by atoms with Crippen LogP contribution < -0.4 is 20.1 Å². The van der Waals surface area contributed by atoms with Crippen molar-refractivity contribution in [3.05, 3.63) is 100 Å². The molecule has 0 aliphatic rings. The second-order valence-electron chi connectivity index (χ2n) is 9.84. The Morgan fingerprint density at radius 3 is 1.93 bits per heavy atom. The van der Waals surface area contributed by atoms with E-state index in [1.807, 2.05) is 19.9 Å². The topological polar surface area (TPSA) is 183 Å². The Hall–Kier alpha value is -5.46. The Kier molecular flexibility index (Phi) is 11.6. The number of nitro benzene ring substituents is 1. The van der Waals surface area contributed by atoms with Crippen LogP contribution in [0.25, 0.3) is 0 Å². The molecule has 13 heteroatoms. The number of ether oxygens (including phenoxy) is 3. The van der Waals surface area contributed by atoms with E-state index in [0.29, 0.717) is 5.56 Å². The van der Waals surface area contributed by atoms with Gasteiger partial charge < -0.3 is 30.0 Å². The lowest BCUT2D eigenvalue weighted by atomic mass is 10.0. The van der Waals surface area contributed by atoms with Gasteiger partial charge in [0.2, 0.25) is 5.91 Å². The molecule has 2 amide bonds. The largest absolute Gasteiger partial charge is 0.519 e. The van der Waals surface area contributed by atoms with E-state index in [1.165, 1.54) is 48.5 Å². The van der Waals surface area contributed by atoms with E-state index >= 15 is 0 Å². The quantitative estimate of drug-likeness (QED) is 0.109. The number of nitrogens with one attached hydrogen (secondary N) is 2. The van der Waals surface area contributed by atoms with Crippen LogP contribution in [-0.4, -0.2) is 46.2 Å². The van der Waals surface area contributed by atoms with Gasteiger partial charge in [-0.3, -0.25) is 14.9 Å². The molecule has 3 aromatic carbocycles. The first kappa shape index (κ1) is 32.1. The molecule has 43 heavy (non-hydrogen) atoms. The van der Waals surface area contributed by atoms with Crippen LogP contribution in [-0.2, 0) is 27.4 Å². The van der Waals surface area contributed by atoms with Crippen molar-refractivity contribution in [3.63, 3.8) is 0 Å². The molecule has 3 N–H and O–H groups in total. The molecule has 0 aromatic heterocycles. The van der Waals surface area contributed by atoms with Crippen molar-refractivity contribution < 1.29 is 43.4 Å². The molecule has 0 fully saturated rings. The van der Waals surface area contributed by atoms with Gasteiger partial charge in [0, 0.05) is 18.6 Å². The highest BCUT2D eigenvalue weighted by molar-refractivity contribution is 5.89. The number of carboxylic acids is 1. The van der Waals surface area contributed by atoms with Crippen molar-refractivity contribution in [2.45, 2.75) is 45.4 Å². The molecule has 3 aromatic rings. The van der Waals surface area contributed by atoms with Gasteiger partial charge in [0.25, 0.3) is 5.69 Å². The monoisotopic (exact) mass is 593 g/mol. The summed E-state index contributed by atoms with van der Waals surface area (Å²) >= 11 is 0. The maximum absolute atomic E-state index is 13.0. The summed E-state index contributed by atoms with van der Waals surface area (Å²) in [4.78, 5) is 59.6. The minimum absolute atomic E-state index is 0.00749. The smallest absolute Gasteiger partial charge is 0.480 e. The fraction of sp³-hybridized carbons (Fsp3) is 0.267. The summed E-state index contributed by atoms with van der Waals surface area (Å²) in [7, 11) is 0. The number of nitro groups is 1. The Labute approximate surface area is 246 Å². The average molecular weight is 594 g/mol. The van der Waals surface area contributed by atoms with Gasteiger partial charge in [-0.2, -0.15) is 0 Å². The normalized spacial score (nSPS) is 12.0. The molecular weight excluding hydrogens is 562 g/mol. The van der Waals surface area contributed by atoms with Crippen molar-refractivity contribution in [2.75, 3.05) is 0 Å². The van der Waals surface area contributed by atoms with Crippen molar-refractivity contribution in [1.82, 2.24) is 10.6 Å². The van der Waals surface area contributed by atoms with Crippen LogP contribution in [0.2, 0.25) is 0 Å². The first-order valence-electron chi connectivity index (χ1n) is 13.2. The number of hydrogen-bond donors (Lipinski definition) is 3. The van der Waals surface area contributed by atoms with Crippen LogP contribution >= 0.6 is 0 Å². The van der Waals surface area contributed by atoms with E-state index in [1.54, 1.807) is 24.3 Å². The summed E-state index contributed by atoms with van der Waals surface area (Å²) in [6.45, 7) is 3.73. The second-order valence-corrected chi connectivity index (χ2v) is 9.84. The Bertz CT molecular complexity index is 1410. The maximum Gasteiger partial charge on any atom is 0.519 e. The molecule has 13 nitrogen and oxygen atoms in total. The predicted molar refractivity (Wildman–Crippen MR) is 152 cm³/mol. The van der Waals surface area contributed by atoms with E-state index in [-0.39, 0.29) is 42.6 Å². The molecular formula is C30H31N3O10. The molecule has 0 spiro atoms. The van der Waals surface area contributed by atoms with Crippen LogP contribution in [0.3, 0.4) is 0 Å². The minimum atomic E-state index is -1.32. The lowest BCUT2D eigenvalue weighted by Crippen LogP contribution is -2.52. The maximum atomic E-state index is 13.0. The van der Waals surface area contributed by atoms with Crippen molar-refractivity contribution in [2.24, 2.45) is 5.92 Å². The van der Waals surface area contributed by atoms with E-state index < -0.39 is 41.1 Å². The van der Waals surface area contributed by atoms with E-state index in [2.05, 4.69) is 10.6 Å². The first-order valence-corrected chi connectivity index (χ1v) is 13.2. The van der Waals surface area contributed by atoms with E-state index in [0.717, 1.165) is 5.56 Å². The lowest BCUT2D eigenvalue weighted by Gasteiger charge is -2.22. The fourth-order valence-corrected chi connectivity index (χ4v) is 3.86. The van der Waals surface area contributed by atoms with Gasteiger partial charge in [-0.05, 0) is 47.7 Å². The van der Waals surface area contributed by atoms with Crippen LogP contribution in [0.5, 0.6) is 11.5 Å². The summed E-state index contributed by atoms with van der Waals surface area (Å²) in [5.41, 5.74) is 1.12. The molecule has 0 aliphatic carbocycles. The molecule has 226 valence electrons. The van der Waals surface area contributed by atoms with Crippen molar-refractivity contribution in [3.8, 4) is 11.5 Å². The number of aliphatic carboxylic acids is 1. The van der Waals surface area contributed by atoms with Crippen LogP contribution in [0, 0.1) is 16.0 Å². The predicted octanol–water partition coefficient (Wildman–Crippen LogP) is 4.63.